The zero-order valence-corrected chi connectivity index (χ0v) is 12.8. The minimum Gasteiger partial charge on any atom is -0.507 e. The van der Waals surface area contributed by atoms with Gasteiger partial charge in [0.1, 0.15) is 11.8 Å². The predicted octanol–water partition coefficient (Wildman–Crippen LogP) is 2.23. The van der Waals surface area contributed by atoms with Crippen LogP contribution in [0.3, 0.4) is 0 Å². The van der Waals surface area contributed by atoms with Crippen molar-refractivity contribution in [2.45, 2.75) is 26.3 Å². The third kappa shape index (κ3) is 4.09. The minimum atomic E-state index is -1.06. The van der Waals surface area contributed by atoms with Crippen LogP contribution in [-0.2, 0) is 4.79 Å². The van der Waals surface area contributed by atoms with Crippen molar-refractivity contribution in [3.63, 3.8) is 0 Å². The van der Waals surface area contributed by atoms with Crippen LogP contribution in [0.4, 0.5) is 0 Å². The molecule has 0 bridgehead atoms. The zero-order valence-electron chi connectivity index (χ0n) is 10.7. The highest BCUT2D eigenvalue weighted by molar-refractivity contribution is 14.1. The fourth-order valence-electron chi connectivity index (χ4n) is 1.56. The Labute approximate surface area is 125 Å². The molecule has 1 rings (SSSR count). The van der Waals surface area contributed by atoms with Gasteiger partial charge in [-0.1, -0.05) is 20.3 Å². The van der Waals surface area contributed by atoms with Crippen molar-refractivity contribution in [3.05, 3.63) is 27.3 Å². The van der Waals surface area contributed by atoms with Crippen molar-refractivity contribution < 1.29 is 19.8 Å². The summed E-state index contributed by atoms with van der Waals surface area (Å²) < 4.78 is 0.630. The Morgan fingerprint density at radius 1 is 1.42 bits per heavy atom. The third-order valence-corrected chi connectivity index (χ3v) is 3.89. The molecule has 0 saturated heterocycles. The summed E-state index contributed by atoms with van der Waals surface area (Å²) >= 11 is 1.94. The predicted molar refractivity (Wildman–Crippen MR) is 79.2 cm³/mol. The van der Waals surface area contributed by atoms with Crippen LogP contribution < -0.4 is 5.32 Å². The van der Waals surface area contributed by atoms with E-state index in [1.807, 2.05) is 29.5 Å². The molecule has 2 unspecified atom stereocenters. The van der Waals surface area contributed by atoms with Crippen LogP contribution in [0.2, 0.25) is 0 Å². The topological polar surface area (TPSA) is 86.6 Å². The molecule has 5 nitrogen and oxygen atoms in total. The largest absolute Gasteiger partial charge is 0.507 e. The van der Waals surface area contributed by atoms with E-state index in [1.165, 1.54) is 6.07 Å². The summed E-state index contributed by atoms with van der Waals surface area (Å²) in [6.45, 7) is 3.63. The molecule has 0 aliphatic rings. The Bertz CT molecular complexity index is 490. The highest BCUT2D eigenvalue weighted by Crippen LogP contribution is 2.20. The van der Waals surface area contributed by atoms with Gasteiger partial charge >= 0.3 is 5.97 Å². The maximum absolute atomic E-state index is 12.0. The summed E-state index contributed by atoms with van der Waals surface area (Å²) in [5.74, 6) is -1.72. The Hall–Kier alpha value is -1.31. The molecule has 0 aliphatic carbocycles. The molecule has 2 atom stereocenters. The molecule has 19 heavy (non-hydrogen) atoms. The number of phenols is 1. The molecule has 0 radical (unpaired) electrons. The van der Waals surface area contributed by atoms with Gasteiger partial charge < -0.3 is 15.5 Å². The molecular weight excluding hydrogens is 361 g/mol. The van der Waals surface area contributed by atoms with Crippen molar-refractivity contribution in [2.24, 2.45) is 5.92 Å². The lowest BCUT2D eigenvalue weighted by Crippen LogP contribution is -2.45. The molecule has 1 aromatic rings. The highest BCUT2D eigenvalue weighted by atomic mass is 127. The fourth-order valence-corrected chi connectivity index (χ4v) is 1.90. The summed E-state index contributed by atoms with van der Waals surface area (Å²) in [7, 11) is 0. The molecule has 0 aliphatic heterocycles. The normalized spacial score (nSPS) is 13.6. The minimum absolute atomic E-state index is 0.00339. The first-order valence-corrected chi connectivity index (χ1v) is 6.96. The van der Waals surface area contributed by atoms with E-state index in [9.17, 15) is 14.7 Å². The maximum Gasteiger partial charge on any atom is 0.326 e. The molecule has 0 saturated carbocycles. The molecule has 0 aromatic heterocycles. The lowest BCUT2D eigenvalue weighted by molar-refractivity contribution is -0.140. The standard InChI is InChI=1S/C13H16INO4/c1-3-7(2)11(13(18)19)15-12(17)8-4-5-9(14)10(16)6-8/h4-7,11,16H,3H2,1-2H3,(H,15,17)(H,18,19). The summed E-state index contributed by atoms with van der Waals surface area (Å²) in [6.07, 6.45) is 0.648. The number of nitrogens with one attached hydrogen (secondary N) is 1. The number of benzene rings is 1. The van der Waals surface area contributed by atoms with Gasteiger partial charge in [-0.15, -0.1) is 0 Å². The number of hydrogen-bond acceptors (Lipinski definition) is 3. The molecule has 0 spiro atoms. The number of hydrogen-bond donors (Lipinski definition) is 3. The maximum atomic E-state index is 12.0. The lowest BCUT2D eigenvalue weighted by Gasteiger charge is -2.20. The SMILES string of the molecule is CCC(C)C(NC(=O)c1ccc(I)c(O)c1)C(=O)O. The Kier molecular flexibility index (Phi) is 5.59. The van der Waals surface area contributed by atoms with Gasteiger partial charge in [-0.3, -0.25) is 4.79 Å². The molecule has 6 heteroatoms. The Morgan fingerprint density at radius 2 is 2.05 bits per heavy atom. The molecule has 0 heterocycles. The van der Waals surface area contributed by atoms with Crippen LogP contribution in [0.25, 0.3) is 0 Å². The van der Waals surface area contributed by atoms with Gasteiger partial charge in [-0.05, 0) is 46.7 Å². The van der Waals surface area contributed by atoms with Crippen molar-refractivity contribution in [3.8, 4) is 5.75 Å². The second-order valence-electron chi connectivity index (χ2n) is 4.34. The van der Waals surface area contributed by atoms with Crippen LogP contribution >= 0.6 is 22.6 Å². The quantitative estimate of drug-likeness (QED) is 0.687. The summed E-state index contributed by atoms with van der Waals surface area (Å²) in [4.78, 5) is 23.1. The molecule has 1 aromatic carbocycles. The number of amides is 1. The average molecular weight is 377 g/mol. The zero-order chi connectivity index (χ0) is 14.6. The molecular formula is C13H16INO4. The fraction of sp³-hybridized carbons (Fsp3) is 0.385. The number of carboxylic acids is 1. The first kappa shape index (κ1) is 15.7. The van der Waals surface area contributed by atoms with Gasteiger partial charge in [0.15, 0.2) is 0 Å². The molecule has 1 amide bonds. The van der Waals surface area contributed by atoms with Crippen LogP contribution in [0.15, 0.2) is 18.2 Å². The van der Waals surface area contributed by atoms with E-state index in [2.05, 4.69) is 5.32 Å². The van der Waals surface area contributed by atoms with Crippen molar-refractivity contribution in [1.82, 2.24) is 5.32 Å². The molecule has 3 N–H and O–H groups in total. The molecule has 0 fully saturated rings. The highest BCUT2D eigenvalue weighted by Gasteiger charge is 2.25. The summed E-state index contributed by atoms with van der Waals surface area (Å²) in [5, 5.41) is 21.1. The summed E-state index contributed by atoms with van der Waals surface area (Å²) in [5.41, 5.74) is 0.243. The first-order valence-electron chi connectivity index (χ1n) is 5.89. The van der Waals surface area contributed by atoms with Gasteiger partial charge in [-0.2, -0.15) is 0 Å². The smallest absolute Gasteiger partial charge is 0.326 e. The van der Waals surface area contributed by atoms with Gasteiger partial charge in [0.2, 0.25) is 0 Å². The van der Waals surface area contributed by atoms with Crippen molar-refractivity contribution in [1.29, 1.82) is 0 Å². The van der Waals surface area contributed by atoms with Gasteiger partial charge in [-0.25, -0.2) is 4.79 Å². The molecule has 104 valence electrons. The van der Waals surface area contributed by atoms with Crippen LogP contribution in [0.1, 0.15) is 30.6 Å². The van der Waals surface area contributed by atoms with E-state index in [0.717, 1.165) is 0 Å². The van der Waals surface area contributed by atoms with Crippen molar-refractivity contribution in [2.75, 3.05) is 0 Å². The number of aromatic hydroxyl groups is 1. The number of halogens is 1. The van der Waals surface area contributed by atoms with E-state index >= 15 is 0 Å². The van der Waals surface area contributed by atoms with E-state index in [0.29, 0.717) is 9.99 Å². The van der Waals surface area contributed by atoms with Crippen LogP contribution in [0.5, 0.6) is 5.75 Å². The average Bonchev–Trinajstić information content (AvgIpc) is 2.37. The van der Waals surface area contributed by atoms with Gasteiger partial charge in [0, 0.05) is 5.56 Å². The monoisotopic (exact) mass is 377 g/mol. The Morgan fingerprint density at radius 3 is 2.53 bits per heavy atom. The van der Waals surface area contributed by atoms with Crippen LogP contribution in [0, 0.1) is 9.49 Å². The Balaban J connectivity index is 2.87. The number of carbonyl (C=O) groups is 2. The first-order chi connectivity index (χ1) is 8.86. The van der Waals surface area contributed by atoms with E-state index in [4.69, 9.17) is 5.11 Å². The number of aliphatic carboxylic acids is 1. The number of carboxylic acid groups (broad SMARTS) is 1. The second kappa shape index (κ2) is 6.74. The third-order valence-electron chi connectivity index (χ3n) is 2.97. The van der Waals surface area contributed by atoms with E-state index in [1.54, 1.807) is 19.1 Å². The number of carbonyl (C=O) groups excluding carboxylic acids is 1. The number of rotatable bonds is 5. The van der Waals surface area contributed by atoms with E-state index < -0.39 is 17.9 Å². The summed E-state index contributed by atoms with van der Waals surface area (Å²) in [6, 6.07) is 3.54. The van der Waals surface area contributed by atoms with Gasteiger partial charge in [0.25, 0.3) is 5.91 Å². The lowest BCUT2D eigenvalue weighted by atomic mass is 9.99. The number of phenolic OH excluding ortho intramolecular Hbond substituents is 1. The van der Waals surface area contributed by atoms with Crippen molar-refractivity contribution >= 4 is 34.5 Å². The second-order valence-corrected chi connectivity index (χ2v) is 5.50. The van der Waals surface area contributed by atoms with Crippen LogP contribution in [-0.4, -0.2) is 28.1 Å². The van der Waals surface area contributed by atoms with E-state index in [-0.39, 0.29) is 17.2 Å². The van der Waals surface area contributed by atoms with Gasteiger partial charge in [0.05, 0.1) is 3.57 Å².